The van der Waals surface area contributed by atoms with E-state index in [-0.39, 0.29) is 5.56 Å². The van der Waals surface area contributed by atoms with Crippen molar-refractivity contribution in [1.82, 2.24) is 0 Å². The average Bonchev–Trinajstić information content (AvgIpc) is 2.40. The molecule has 0 unspecified atom stereocenters. The molecule has 108 valence electrons. The number of carbonyl (C=O) groups excluding carboxylic acids is 2. The molecule has 2 aromatic rings. The van der Waals surface area contributed by atoms with Crippen molar-refractivity contribution in [1.29, 1.82) is 0 Å². The second-order valence-electron chi connectivity index (χ2n) is 4.83. The number of rotatable bonds is 3. The SMILES string of the molecule is Cc1ccc(C(=O)Nc2ccc(C(N)=O)cc2C)c(F)c1. The molecule has 0 aromatic heterocycles. The van der Waals surface area contributed by atoms with Gasteiger partial charge < -0.3 is 11.1 Å². The second-order valence-corrected chi connectivity index (χ2v) is 4.83. The molecule has 0 aliphatic heterocycles. The van der Waals surface area contributed by atoms with Crippen LogP contribution in [0.5, 0.6) is 0 Å². The molecule has 0 radical (unpaired) electrons. The first-order chi connectivity index (χ1) is 9.88. The van der Waals surface area contributed by atoms with Gasteiger partial charge >= 0.3 is 0 Å². The van der Waals surface area contributed by atoms with Crippen molar-refractivity contribution in [3.63, 3.8) is 0 Å². The molecule has 5 heteroatoms. The highest BCUT2D eigenvalue weighted by Crippen LogP contribution is 2.18. The van der Waals surface area contributed by atoms with Gasteiger partial charge in [0.15, 0.2) is 0 Å². The Labute approximate surface area is 121 Å². The Morgan fingerprint density at radius 3 is 2.38 bits per heavy atom. The number of amides is 2. The molecule has 0 spiro atoms. The lowest BCUT2D eigenvalue weighted by molar-refractivity contribution is 0.0997. The fourth-order valence-corrected chi connectivity index (χ4v) is 1.95. The first kappa shape index (κ1) is 14.7. The summed E-state index contributed by atoms with van der Waals surface area (Å²) in [5, 5.41) is 2.62. The van der Waals surface area contributed by atoms with Crippen molar-refractivity contribution < 1.29 is 14.0 Å². The molecule has 0 saturated carbocycles. The van der Waals surface area contributed by atoms with Crippen LogP contribution in [-0.4, -0.2) is 11.8 Å². The molecule has 2 amide bonds. The maximum absolute atomic E-state index is 13.8. The van der Waals surface area contributed by atoms with Crippen molar-refractivity contribution in [3.05, 3.63) is 64.5 Å². The van der Waals surface area contributed by atoms with Crippen LogP contribution in [0.3, 0.4) is 0 Å². The zero-order valence-electron chi connectivity index (χ0n) is 11.7. The number of hydrogen-bond donors (Lipinski definition) is 2. The van der Waals surface area contributed by atoms with E-state index in [1.165, 1.54) is 18.2 Å². The van der Waals surface area contributed by atoms with Gasteiger partial charge in [0.05, 0.1) is 5.56 Å². The Morgan fingerprint density at radius 2 is 1.81 bits per heavy atom. The van der Waals surface area contributed by atoms with Crippen LogP contribution in [0.25, 0.3) is 0 Å². The molecule has 0 aliphatic carbocycles. The summed E-state index contributed by atoms with van der Waals surface area (Å²) in [5.41, 5.74) is 7.43. The molecule has 2 aromatic carbocycles. The summed E-state index contributed by atoms with van der Waals surface area (Å²) in [6.07, 6.45) is 0. The van der Waals surface area contributed by atoms with Gasteiger partial charge in [-0.3, -0.25) is 9.59 Å². The van der Waals surface area contributed by atoms with Crippen molar-refractivity contribution in [2.45, 2.75) is 13.8 Å². The van der Waals surface area contributed by atoms with Crippen LogP contribution < -0.4 is 11.1 Å². The summed E-state index contributed by atoms with van der Waals surface area (Å²) >= 11 is 0. The minimum absolute atomic E-state index is 0.0287. The minimum Gasteiger partial charge on any atom is -0.366 e. The number of halogens is 1. The highest BCUT2D eigenvalue weighted by molar-refractivity contribution is 6.05. The standard InChI is InChI=1S/C16H15FN2O2/c1-9-3-5-12(13(17)7-9)16(21)19-14-6-4-11(15(18)20)8-10(14)2/h3-8H,1-2H3,(H2,18,20)(H,19,21). The van der Waals surface area contributed by atoms with Crippen LogP contribution in [-0.2, 0) is 0 Å². The van der Waals surface area contributed by atoms with E-state index in [2.05, 4.69) is 5.32 Å². The number of primary amides is 1. The van der Waals surface area contributed by atoms with Crippen molar-refractivity contribution in [3.8, 4) is 0 Å². The van der Waals surface area contributed by atoms with Crippen LogP contribution in [0.15, 0.2) is 36.4 Å². The van der Waals surface area contributed by atoms with Crippen LogP contribution in [0.1, 0.15) is 31.8 Å². The zero-order valence-corrected chi connectivity index (χ0v) is 11.7. The van der Waals surface area contributed by atoms with Crippen LogP contribution >= 0.6 is 0 Å². The van der Waals surface area contributed by atoms with Crippen LogP contribution in [0.2, 0.25) is 0 Å². The van der Waals surface area contributed by atoms with Gasteiger partial charge in [-0.1, -0.05) is 6.07 Å². The van der Waals surface area contributed by atoms with Crippen LogP contribution in [0.4, 0.5) is 10.1 Å². The fourth-order valence-electron chi connectivity index (χ4n) is 1.95. The van der Waals surface area contributed by atoms with E-state index in [1.54, 1.807) is 32.0 Å². The lowest BCUT2D eigenvalue weighted by Crippen LogP contribution is -2.16. The number of carbonyl (C=O) groups is 2. The van der Waals surface area contributed by atoms with E-state index < -0.39 is 17.6 Å². The molecule has 0 saturated heterocycles. The number of benzene rings is 2. The van der Waals surface area contributed by atoms with Gasteiger partial charge in [0.1, 0.15) is 5.82 Å². The highest BCUT2D eigenvalue weighted by Gasteiger charge is 2.13. The average molecular weight is 286 g/mol. The first-order valence-electron chi connectivity index (χ1n) is 6.36. The molecular formula is C16H15FN2O2. The lowest BCUT2D eigenvalue weighted by Gasteiger charge is -2.10. The smallest absolute Gasteiger partial charge is 0.258 e. The highest BCUT2D eigenvalue weighted by atomic mass is 19.1. The first-order valence-corrected chi connectivity index (χ1v) is 6.36. The number of nitrogens with two attached hydrogens (primary N) is 1. The van der Waals surface area contributed by atoms with Crippen molar-refractivity contribution >= 4 is 17.5 Å². The molecule has 21 heavy (non-hydrogen) atoms. The largest absolute Gasteiger partial charge is 0.366 e. The molecule has 2 rings (SSSR count). The van der Waals surface area contributed by atoms with Gasteiger partial charge in [-0.2, -0.15) is 0 Å². The third-order valence-corrected chi connectivity index (χ3v) is 3.13. The molecule has 0 fully saturated rings. The predicted octanol–water partition coefficient (Wildman–Crippen LogP) is 2.79. The van der Waals surface area contributed by atoms with Crippen molar-refractivity contribution in [2.75, 3.05) is 5.32 Å². The van der Waals surface area contributed by atoms with Crippen LogP contribution in [0, 0.1) is 19.7 Å². The Kier molecular flexibility index (Phi) is 4.03. The maximum Gasteiger partial charge on any atom is 0.258 e. The Hall–Kier alpha value is -2.69. The second kappa shape index (κ2) is 5.75. The maximum atomic E-state index is 13.8. The summed E-state index contributed by atoms with van der Waals surface area (Å²) < 4.78 is 13.8. The van der Waals surface area contributed by atoms with E-state index in [9.17, 15) is 14.0 Å². The molecule has 0 atom stereocenters. The van der Waals surface area contributed by atoms with Gasteiger partial charge in [0.2, 0.25) is 5.91 Å². The third kappa shape index (κ3) is 3.25. The van der Waals surface area contributed by atoms with Crippen molar-refractivity contribution in [2.24, 2.45) is 5.73 Å². The molecule has 0 heterocycles. The van der Waals surface area contributed by atoms with Gasteiger partial charge in [0, 0.05) is 11.3 Å². The van der Waals surface area contributed by atoms with Gasteiger partial charge in [0.25, 0.3) is 5.91 Å². The number of nitrogens with one attached hydrogen (secondary N) is 1. The Bertz CT molecular complexity index is 726. The van der Waals surface area contributed by atoms with Gasteiger partial charge in [-0.05, 0) is 55.3 Å². The summed E-state index contributed by atoms with van der Waals surface area (Å²) in [6, 6.07) is 9.06. The number of anilines is 1. The van der Waals surface area contributed by atoms with E-state index in [0.29, 0.717) is 16.8 Å². The third-order valence-electron chi connectivity index (χ3n) is 3.13. The number of aryl methyl sites for hydroxylation is 2. The molecule has 3 N–H and O–H groups in total. The molecule has 0 aliphatic rings. The summed E-state index contributed by atoms with van der Waals surface area (Å²) in [5.74, 6) is -1.65. The quantitative estimate of drug-likeness (QED) is 0.910. The summed E-state index contributed by atoms with van der Waals surface area (Å²) in [4.78, 5) is 23.1. The molecule has 4 nitrogen and oxygen atoms in total. The molecular weight excluding hydrogens is 271 g/mol. The minimum atomic E-state index is -0.570. The van der Waals surface area contributed by atoms with Gasteiger partial charge in [-0.25, -0.2) is 4.39 Å². The summed E-state index contributed by atoms with van der Waals surface area (Å²) in [6.45, 7) is 3.48. The Balaban J connectivity index is 2.25. The van der Waals surface area contributed by atoms with E-state index >= 15 is 0 Å². The monoisotopic (exact) mass is 286 g/mol. The van der Waals surface area contributed by atoms with E-state index in [1.807, 2.05) is 0 Å². The normalized spacial score (nSPS) is 10.2. The number of hydrogen-bond acceptors (Lipinski definition) is 2. The fraction of sp³-hybridized carbons (Fsp3) is 0.125. The topological polar surface area (TPSA) is 72.2 Å². The lowest BCUT2D eigenvalue weighted by atomic mass is 10.1. The van der Waals surface area contributed by atoms with E-state index in [4.69, 9.17) is 5.73 Å². The van der Waals surface area contributed by atoms with Gasteiger partial charge in [-0.15, -0.1) is 0 Å². The van der Waals surface area contributed by atoms with E-state index in [0.717, 1.165) is 5.56 Å². The summed E-state index contributed by atoms with van der Waals surface area (Å²) in [7, 11) is 0. The molecule has 0 bridgehead atoms. The zero-order chi connectivity index (χ0) is 15.6. The Morgan fingerprint density at radius 1 is 1.10 bits per heavy atom. The predicted molar refractivity (Wildman–Crippen MR) is 78.8 cm³/mol.